The van der Waals surface area contributed by atoms with Gasteiger partial charge in [-0.3, -0.25) is 0 Å². The minimum absolute atomic E-state index is 0.0394. The maximum absolute atomic E-state index is 9.78. The summed E-state index contributed by atoms with van der Waals surface area (Å²) < 4.78 is 15.2. The first-order valence-corrected chi connectivity index (χ1v) is 4.60. The van der Waals surface area contributed by atoms with Crippen molar-refractivity contribution in [1.82, 2.24) is 5.16 Å². The van der Waals surface area contributed by atoms with Gasteiger partial charge < -0.3 is 24.8 Å². The zero-order chi connectivity index (χ0) is 11.1. The van der Waals surface area contributed by atoms with E-state index in [-0.39, 0.29) is 18.4 Å². The number of nitrogen functional groups attached to an aromatic ring is 1. The zero-order valence-corrected chi connectivity index (χ0v) is 8.14. The molecule has 0 saturated heterocycles. The highest BCUT2D eigenvalue weighted by molar-refractivity contribution is 5.78. The quantitative estimate of drug-likeness (QED) is 0.753. The first-order valence-electron chi connectivity index (χ1n) is 4.60. The summed E-state index contributed by atoms with van der Waals surface area (Å²) in [6, 6.07) is 4.65. The van der Waals surface area contributed by atoms with E-state index in [0.29, 0.717) is 22.8 Å². The second kappa shape index (κ2) is 3.06. The molecule has 3 N–H and O–H groups in total. The summed E-state index contributed by atoms with van der Waals surface area (Å²) in [5.41, 5.74) is 6.27. The molecule has 1 aliphatic heterocycles. The number of hydrogen-bond donors (Lipinski definition) is 2. The van der Waals surface area contributed by atoms with Crippen LogP contribution in [0.25, 0.3) is 11.3 Å². The van der Waals surface area contributed by atoms with Crippen LogP contribution in [0.5, 0.6) is 17.2 Å². The number of aromatic nitrogens is 1. The first-order chi connectivity index (χ1) is 7.75. The van der Waals surface area contributed by atoms with Gasteiger partial charge in [0.15, 0.2) is 11.5 Å². The average Bonchev–Trinajstić information content (AvgIpc) is 2.86. The van der Waals surface area contributed by atoms with Crippen LogP contribution in [0.15, 0.2) is 22.7 Å². The number of aromatic hydroxyl groups is 1. The number of anilines is 1. The van der Waals surface area contributed by atoms with E-state index in [2.05, 4.69) is 5.16 Å². The normalized spacial score (nSPS) is 13.0. The molecule has 0 saturated carbocycles. The van der Waals surface area contributed by atoms with Crippen molar-refractivity contribution in [2.75, 3.05) is 12.5 Å². The number of benzene rings is 1. The molecule has 1 aliphatic rings. The molecule has 0 radical (unpaired) electrons. The number of fused-ring (bicyclic) bond motifs is 1. The smallest absolute Gasteiger partial charge is 0.231 e. The fourth-order valence-corrected chi connectivity index (χ4v) is 1.62. The predicted octanol–water partition coefficient (Wildman–Crippen LogP) is 1.36. The Morgan fingerprint density at radius 1 is 1.31 bits per heavy atom. The average molecular weight is 220 g/mol. The van der Waals surface area contributed by atoms with E-state index >= 15 is 0 Å². The molecule has 0 bridgehead atoms. The molecule has 3 rings (SSSR count). The SMILES string of the molecule is Nc1cc(-c2c(O)ccc3c2OCO3)no1. The summed E-state index contributed by atoms with van der Waals surface area (Å²) in [6.07, 6.45) is 0. The fourth-order valence-electron chi connectivity index (χ4n) is 1.62. The number of nitrogens with two attached hydrogens (primary N) is 1. The van der Waals surface area contributed by atoms with Gasteiger partial charge in [0.05, 0.1) is 5.56 Å². The molecule has 1 aromatic carbocycles. The molecule has 2 aromatic rings. The molecule has 6 heteroatoms. The maximum atomic E-state index is 9.78. The van der Waals surface area contributed by atoms with Crippen molar-refractivity contribution in [3.05, 3.63) is 18.2 Å². The van der Waals surface area contributed by atoms with Crippen molar-refractivity contribution in [3.8, 4) is 28.5 Å². The lowest BCUT2D eigenvalue weighted by Crippen LogP contribution is -1.93. The van der Waals surface area contributed by atoms with Crippen LogP contribution in [-0.4, -0.2) is 17.1 Å². The Bertz CT molecular complexity index is 550. The van der Waals surface area contributed by atoms with E-state index in [1.54, 1.807) is 6.07 Å². The molecular formula is C10H8N2O4. The molecule has 0 unspecified atom stereocenters. The first kappa shape index (κ1) is 8.90. The summed E-state index contributed by atoms with van der Waals surface area (Å²) >= 11 is 0. The Kier molecular flexibility index (Phi) is 1.70. The summed E-state index contributed by atoms with van der Waals surface area (Å²) in [4.78, 5) is 0. The van der Waals surface area contributed by atoms with Gasteiger partial charge in [-0.2, -0.15) is 0 Å². The van der Waals surface area contributed by atoms with Gasteiger partial charge in [0.25, 0.3) is 0 Å². The molecule has 0 spiro atoms. The van der Waals surface area contributed by atoms with E-state index in [9.17, 15) is 5.11 Å². The Labute approximate surface area is 90.2 Å². The van der Waals surface area contributed by atoms with Gasteiger partial charge in [-0.05, 0) is 12.1 Å². The van der Waals surface area contributed by atoms with E-state index in [1.807, 2.05) is 0 Å². The van der Waals surface area contributed by atoms with Crippen LogP contribution in [0.3, 0.4) is 0 Å². The lowest BCUT2D eigenvalue weighted by Gasteiger charge is -2.04. The van der Waals surface area contributed by atoms with Crippen LogP contribution < -0.4 is 15.2 Å². The number of ether oxygens (including phenoxy) is 2. The molecule has 0 aliphatic carbocycles. The molecule has 16 heavy (non-hydrogen) atoms. The fraction of sp³-hybridized carbons (Fsp3) is 0.100. The molecule has 0 fully saturated rings. The van der Waals surface area contributed by atoms with Gasteiger partial charge in [0, 0.05) is 6.07 Å². The number of phenolic OH excluding ortho intramolecular Hbond substituents is 1. The third-order valence-corrected chi connectivity index (χ3v) is 2.30. The lowest BCUT2D eigenvalue weighted by atomic mass is 10.1. The van der Waals surface area contributed by atoms with E-state index in [1.165, 1.54) is 12.1 Å². The van der Waals surface area contributed by atoms with Gasteiger partial charge in [-0.15, -0.1) is 0 Å². The lowest BCUT2D eigenvalue weighted by molar-refractivity contribution is 0.174. The van der Waals surface area contributed by atoms with Crippen molar-refractivity contribution in [2.45, 2.75) is 0 Å². The maximum Gasteiger partial charge on any atom is 0.231 e. The molecule has 1 aromatic heterocycles. The standard InChI is InChI=1S/C10H8N2O4/c11-8-3-5(12-16-8)9-6(13)1-2-7-10(9)15-4-14-7/h1-3,13H,4,11H2. The van der Waals surface area contributed by atoms with Crippen molar-refractivity contribution >= 4 is 5.88 Å². The van der Waals surface area contributed by atoms with Crippen LogP contribution in [0.2, 0.25) is 0 Å². The highest BCUT2D eigenvalue weighted by Gasteiger charge is 2.24. The summed E-state index contributed by atoms with van der Waals surface area (Å²) in [7, 11) is 0. The predicted molar refractivity (Wildman–Crippen MR) is 54.1 cm³/mol. The van der Waals surface area contributed by atoms with Gasteiger partial charge in [0.1, 0.15) is 11.4 Å². The summed E-state index contributed by atoms with van der Waals surface area (Å²) in [5.74, 6) is 1.23. The molecule has 82 valence electrons. The van der Waals surface area contributed by atoms with Crippen LogP contribution in [0, 0.1) is 0 Å². The van der Waals surface area contributed by atoms with E-state index < -0.39 is 0 Å². The van der Waals surface area contributed by atoms with Crippen LogP contribution in [-0.2, 0) is 0 Å². The number of phenols is 1. The van der Waals surface area contributed by atoms with Gasteiger partial charge >= 0.3 is 0 Å². The molecule has 2 heterocycles. The number of hydrogen-bond acceptors (Lipinski definition) is 6. The van der Waals surface area contributed by atoms with Crippen LogP contribution in [0.4, 0.5) is 5.88 Å². The minimum atomic E-state index is 0.0394. The van der Waals surface area contributed by atoms with Gasteiger partial charge in [-0.1, -0.05) is 5.16 Å². The summed E-state index contributed by atoms with van der Waals surface area (Å²) in [6.45, 7) is 0.124. The highest BCUT2D eigenvalue weighted by Crippen LogP contribution is 2.46. The minimum Gasteiger partial charge on any atom is -0.507 e. The molecular weight excluding hydrogens is 212 g/mol. The molecule has 0 amide bonds. The molecule has 0 atom stereocenters. The van der Waals surface area contributed by atoms with Crippen molar-refractivity contribution in [1.29, 1.82) is 0 Å². The molecule has 6 nitrogen and oxygen atoms in total. The third-order valence-electron chi connectivity index (χ3n) is 2.30. The summed E-state index contributed by atoms with van der Waals surface area (Å²) in [5, 5.41) is 13.5. The van der Waals surface area contributed by atoms with E-state index in [0.717, 1.165) is 0 Å². The van der Waals surface area contributed by atoms with Crippen molar-refractivity contribution < 1.29 is 19.1 Å². The van der Waals surface area contributed by atoms with E-state index in [4.69, 9.17) is 19.7 Å². The Hall–Kier alpha value is -2.37. The zero-order valence-electron chi connectivity index (χ0n) is 8.14. The number of nitrogens with zero attached hydrogens (tertiary/aromatic N) is 1. The number of rotatable bonds is 1. The monoisotopic (exact) mass is 220 g/mol. The Morgan fingerprint density at radius 2 is 2.19 bits per heavy atom. The third kappa shape index (κ3) is 1.16. The van der Waals surface area contributed by atoms with Crippen LogP contribution in [0.1, 0.15) is 0 Å². The second-order valence-corrected chi connectivity index (χ2v) is 3.31. The van der Waals surface area contributed by atoms with Crippen LogP contribution >= 0.6 is 0 Å². The highest BCUT2D eigenvalue weighted by atomic mass is 16.7. The van der Waals surface area contributed by atoms with Crippen molar-refractivity contribution in [3.63, 3.8) is 0 Å². The largest absolute Gasteiger partial charge is 0.507 e. The Morgan fingerprint density at radius 3 is 2.94 bits per heavy atom. The van der Waals surface area contributed by atoms with Gasteiger partial charge in [0.2, 0.25) is 12.7 Å². The van der Waals surface area contributed by atoms with Gasteiger partial charge in [-0.25, -0.2) is 0 Å². The second-order valence-electron chi connectivity index (χ2n) is 3.31. The Balaban J connectivity index is 2.23. The topological polar surface area (TPSA) is 90.7 Å². The van der Waals surface area contributed by atoms with Crippen molar-refractivity contribution in [2.24, 2.45) is 0 Å².